The van der Waals surface area contributed by atoms with Crippen molar-refractivity contribution >= 4 is 38.7 Å². The van der Waals surface area contributed by atoms with Crippen molar-refractivity contribution in [3.8, 4) is 50.2 Å². The first kappa shape index (κ1) is 28.4. The Hall–Kier alpha value is -6.64. The van der Waals surface area contributed by atoms with E-state index in [9.17, 15) is 0 Å². The summed E-state index contributed by atoms with van der Waals surface area (Å²) in [5.74, 6) is 0. The molecule has 2 nitrogen and oxygen atoms in total. The smallest absolute Gasteiger partial charge is 0.0541 e. The Bertz CT molecular complexity index is 2630. The zero-order valence-electron chi connectivity index (χ0n) is 27.4. The van der Waals surface area contributed by atoms with Crippen LogP contribution in [-0.2, 0) is 0 Å². The van der Waals surface area contributed by atoms with Gasteiger partial charge in [0.05, 0.1) is 5.52 Å². The highest BCUT2D eigenvalue weighted by Gasteiger charge is 2.24. The molecule has 0 spiro atoms. The number of nitrogens with zero attached hydrogens (tertiary/aromatic N) is 2. The molecular formula is C48H32N2. The molecule has 9 aromatic rings. The van der Waals surface area contributed by atoms with Crippen molar-refractivity contribution in [2.75, 3.05) is 4.90 Å². The van der Waals surface area contributed by atoms with Crippen molar-refractivity contribution in [1.29, 1.82) is 0 Å². The van der Waals surface area contributed by atoms with Gasteiger partial charge >= 0.3 is 0 Å². The molecule has 8 aromatic carbocycles. The van der Waals surface area contributed by atoms with Gasteiger partial charge in [0.1, 0.15) is 0 Å². The number of hydrogen-bond acceptors (Lipinski definition) is 1. The van der Waals surface area contributed by atoms with E-state index in [-0.39, 0.29) is 0 Å². The van der Waals surface area contributed by atoms with Gasteiger partial charge in [0.15, 0.2) is 0 Å². The molecule has 0 amide bonds. The molecule has 0 bridgehead atoms. The van der Waals surface area contributed by atoms with Gasteiger partial charge in [-0.2, -0.15) is 0 Å². The summed E-state index contributed by atoms with van der Waals surface area (Å²) in [5.41, 5.74) is 15.8. The highest BCUT2D eigenvalue weighted by Crippen LogP contribution is 2.49. The summed E-state index contributed by atoms with van der Waals surface area (Å²) in [7, 11) is 0. The molecule has 0 atom stereocenters. The first-order valence-electron chi connectivity index (χ1n) is 17.2. The third-order valence-electron chi connectivity index (χ3n) is 10.1. The van der Waals surface area contributed by atoms with E-state index in [1.165, 1.54) is 66.2 Å². The van der Waals surface area contributed by atoms with Crippen LogP contribution >= 0.6 is 0 Å². The Kier molecular flexibility index (Phi) is 6.53. The molecule has 0 radical (unpaired) electrons. The third kappa shape index (κ3) is 4.57. The lowest BCUT2D eigenvalue weighted by molar-refractivity contribution is 1.13. The van der Waals surface area contributed by atoms with Crippen molar-refractivity contribution in [2.45, 2.75) is 0 Å². The lowest BCUT2D eigenvalue weighted by atomic mass is 9.91. The van der Waals surface area contributed by atoms with Gasteiger partial charge in [0, 0.05) is 39.9 Å². The topological polar surface area (TPSA) is 8.17 Å². The minimum atomic E-state index is 1.13. The molecule has 2 heteroatoms. The van der Waals surface area contributed by atoms with Gasteiger partial charge in [-0.25, -0.2) is 0 Å². The van der Waals surface area contributed by atoms with Crippen molar-refractivity contribution in [2.24, 2.45) is 0 Å². The van der Waals surface area contributed by atoms with E-state index in [0.717, 1.165) is 22.7 Å². The quantitative estimate of drug-likeness (QED) is 0.182. The van der Waals surface area contributed by atoms with Crippen LogP contribution in [-0.4, -0.2) is 4.57 Å². The maximum absolute atomic E-state index is 2.38. The molecule has 0 N–H and O–H groups in total. The first-order chi connectivity index (χ1) is 24.8. The van der Waals surface area contributed by atoms with Gasteiger partial charge in [-0.1, -0.05) is 121 Å². The lowest BCUT2D eigenvalue weighted by Crippen LogP contribution is -2.09. The van der Waals surface area contributed by atoms with Gasteiger partial charge in [-0.3, -0.25) is 0 Å². The largest absolute Gasteiger partial charge is 0.316 e. The Balaban J connectivity index is 1.05. The zero-order chi connectivity index (χ0) is 33.0. The van der Waals surface area contributed by atoms with E-state index in [2.05, 4.69) is 204 Å². The summed E-state index contributed by atoms with van der Waals surface area (Å²) in [6, 6.07) is 68.0. The van der Waals surface area contributed by atoms with Crippen molar-refractivity contribution in [1.82, 2.24) is 4.57 Å². The SMILES string of the molecule is c1ccc(N(c2ccccc2)c2ccc(-c3ccc(-n4cc5c6c(cccc64)-c4ccccc4-c4cc6ccccc6cc4-5)cc3)cc2)cc1. The lowest BCUT2D eigenvalue weighted by Gasteiger charge is -2.25. The Morgan fingerprint density at radius 3 is 1.44 bits per heavy atom. The second-order valence-electron chi connectivity index (χ2n) is 13.0. The number of fused-ring (bicyclic) bond motifs is 6. The van der Waals surface area contributed by atoms with Crippen LogP contribution in [0.25, 0.3) is 71.9 Å². The molecule has 1 aliphatic rings. The van der Waals surface area contributed by atoms with E-state index < -0.39 is 0 Å². The van der Waals surface area contributed by atoms with E-state index in [0.29, 0.717) is 0 Å². The van der Waals surface area contributed by atoms with E-state index in [4.69, 9.17) is 0 Å². The molecule has 1 aromatic heterocycles. The average molecular weight is 637 g/mol. The minimum Gasteiger partial charge on any atom is -0.316 e. The number of rotatable bonds is 5. The van der Waals surface area contributed by atoms with Crippen LogP contribution in [0.3, 0.4) is 0 Å². The number of benzene rings is 8. The molecule has 10 rings (SSSR count). The molecule has 0 saturated carbocycles. The van der Waals surface area contributed by atoms with Crippen molar-refractivity contribution in [3.05, 3.63) is 194 Å². The summed E-state index contributed by atoms with van der Waals surface area (Å²) < 4.78 is 2.37. The number of hydrogen-bond donors (Lipinski definition) is 0. The zero-order valence-corrected chi connectivity index (χ0v) is 27.4. The van der Waals surface area contributed by atoms with E-state index in [1.54, 1.807) is 0 Å². The van der Waals surface area contributed by atoms with Crippen LogP contribution in [0.15, 0.2) is 194 Å². The number of para-hydroxylation sites is 2. The highest BCUT2D eigenvalue weighted by molar-refractivity contribution is 6.15. The van der Waals surface area contributed by atoms with Crippen LogP contribution in [0.4, 0.5) is 17.1 Å². The van der Waals surface area contributed by atoms with Crippen LogP contribution in [0.5, 0.6) is 0 Å². The van der Waals surface area contributed by atoms with Crippen LogP contribution in [0.2, 0.25) is 0 Å². The minimum absolute atomic E-state index is 1.13. The summed E-state index contributed by atoms with van der Waals surface area (Å²) >= 11 is 0. The molecule has 0 aliphatic heterocycles. The fraction of sp³-hybridized carbons (Fsp3) is 0. The molecule has 1 aliphatic carbocycles. The number of anilines is 3. The molecule has 50 heavy (non-hydrogen) atoms. The standard InChI is InChI=1S/C48H32N2/c1-3-14-38(15-4-1)50(39-16-5-2-6-17-39)40-28-24-34(25-29-40)33-22-26-37(27-23-33)49-32-46-45-31-36-13-8-7-12-35(36)30-44(45)42-19-10-9-18-41(42)43-20-11-21-47(49)48(43)46/h1-32H. The van der Waals surface area contributed by atoms with E-state index >= 15 is 0 Å². The van der Waals surface area contributed by atoms with Crippen LogP contribution in [0.1, 0.15) is 0 Å². The van der Waals surface area contributed by atoms with Crippen LogP contribution < -0.4 is 4.90 Å². The summed E-state index contributed by atoms with van der Waals surface area (Å²) in [6.45, 7) is 0. The molecular weight excluding hydrogens is 605 g/mol. The molecule has 1 heterocycles. The summed E-state index contributed by atoms with van der Waals surface area (Å²) in [6.07, 6.45) is 2.35. The van der Waals surface area contributed by atoms with Crippen molar-refractivity contribution in [3.63, 3.8) is 0 Å². The second-order valence-corrected chi connectivity index (χ2v) is 13.0. The fourth-order valence-electron chi connectivity index (χ4n) is 7.79. The Morgan fingerprint density at radius 1 is 0.340 bits per heavy atom. The summed E-state index contributed by atoms with van der Waals surface area (Å²) in [4.78, 5) is 2.30. The average Bonchev–Trinajstić information content (AvgIpc) is 3.54. The van der Waals surface area contributed by atoms with Gasteiger partial charge < -0.3 is 9.47 Å². The summed E-state index contributed by atoms with van der Waals surface area (Å²) in [5, 5.41) is 3.82. The third-order valence-corrected chi connectivity index (χ3v) is 10.1. The van der Waals surface area contributed by atoms with Gasteiger partial charge in [0.25, 0.3) is 0 Å². The molecule has 234 valence electrons. The predicted octanol–water partition coefficient (Wildman–Crippen LogP) is 13.2. The normalized spacial score (nSPS) is 11.6. The molecule has 0 saturated heterocycles. The monoisotopic (exact) mass is 636 g/mol. The Morgan fingerprint density at radius 2 is 0.820 bits per heavy atom. The van der Waals surface area contributed by atoms with Gasteiger partial charge in [-0.15, -0.1) is 0 Å². The predicted molar refractivity (Wildman–Crippen MR) is 211 cm³/mol. The first-order valence-corrected chi connectivity index (χ1v) is 17.2. The maximum atomic E-state index is 2.38. The number of aromatic nitrogens is 1. The van der Waals surface area contributed by atoms with Gasteiger partial charge in [0.2, 0.25) is 0 Å². The van der Waals surface area contributed by atoms with Crippen LogP contribution in [0, 0.1) is 0 Å². The van der Waals surface area contributed by atoms with Crippen molar-refractivity contribution < 1.29 is 0 Å². The maximum Gasteiger partial charge on any atom is 0.0541 e. The molecule has 0 unspecified atom stereocenters. The highest BCUT2D eigenvalue weighted by atomic mass is 15.1. The Labute approximate surface area is 291 Å². The van der Waals surface area contributed by atoms with E-state index in [1.807, 2.05) is 0 Å². The second kappa shape index (κ2) is 11.5. The van der Waals surface area contributed by atoms with Gasteiger partial charge in [-0.05, 0) is 116 Å². The molecule has 0 fully saturated rings. The fourth-order valence-corrected chi connectivity index (χ4v) is 7.79.